The van der Waals surface area contributed by atoms with E-state index in [4.69, 9.17) is 4.74 Å². The zero-order chi connectivity index (χ0) is 19.0. The molecule has 0 bridgehead atoms. The smallest absolute Gasteiger partial charge is 0.420 e. The summed E-state index contributed by atoms with van der Waals surface area (Å²) < 4.78 is 5.88. The lowest BCUT2D eigenvalue weighted by Crippen LogP contribution is -2.43. The van der Waals surface area contributed by atoms with Crippen molar-refractivity contribution in [3.8, 4) is 0 Å². The van der Waals surface area contributed by atoms with Crippen molar-refractivity contribution in [1.82, 2.24) is 9.88 Å². The van der Waals surface area contributed by atoms with Gasteiger partial charge in [-0.1, -0.05) is 19.1 Å². The molecule has 0 radical (unpaired) electrons. The van der Waals surface area contributed by atoms with Crippen LogP contribution in [0.1, 0.15) is 23.7 Å². The van der Waals surface area contributed by atoms with E-state index < -0.39 is 6.09 Å². The second-order valence-corrected chi connectivity index (χ2v) is 7.13. The van der Waals surface area contributed by atoms with E-state index in [1.165, 1.54) is 4.90 Å². The van der Waals surface area contributed by atoms with Crippen LogP contribution in [0.2, 0.25) is 0 Å². The average Bonchev–Trinajstić information content (AvgIpc) is 2.78. The van der Waals surface area contributed by atoms with Crippen molar-refractivity contribution < 1.29 is 14.3 Å². The van der Waals surface area contributed by atoms with E-state index in [2.05, 4.69) is 29.2 Å². The van der Waals surface area contributed by atoms with Crippen LogP contribution in [0, 0.1) is 5.92 Å². The van der Waals surface area contributed by atoms with Gasteiger partial charge in [-0.15, -0.1) is 0 Å². The molecule has 1 N–H and O–H groups in total. The molecule has 2 atom stereocenters. The fraction of sp³-hybridized carbons (Fsp3) is 0.350. The van der Waals surface area contributed by atoms with Crippen LogP contribution in [-0.2, 0) is 4.74 Å². The number of anilines is 3. The van der Waals surface area contributed by atoms with Crippen molar-refractivity contribution in [2.75, 3.05) is 30.4 Å². The van der Waals surface area contributed by atoms with Crippen LogP contribution in [0.25, 0.3) is 0 Å². The molecule has 7 heteroatoms. The number of pyridine rings is 1. The molecule has 4 rings (SSSR count). The molecule has 1 fully saturated rings. The van der Waals surface area contributed by atoms with Gasteiger partial charge in [0.05, 0.1) is 16.9 Å². The molecular weight excluding hydrogens is 344 g/mol. The zero-order valence-electron chi connectivity index (χ0n) is 15.4. The summed E-state index contributed by atoms with van der Waals surface area (Å²) in [4.78, 5) is 33.8. The minimum Gasteiger partial charge on any atom is -0.445 e. The quantitative estimate of drug-likeness (QED) is 0.838. The molecule has 2 amide bonds. The molecule has 3 heterocycles. The van der Waals surface area contributed by atoms with Crippen LogP contribution < -0.4 is 10.2 Å². The second-order valence-electron chi connectivity index (χ2n) is 7.13. The highest BCUT2D eigenvalue weighted by Crippen LogP contribution is 2.37. The van der Waals surface area contributed by atoms with Crippen LogP contribution in [0.5, 0.6) is 0 Å². The minimum atomic E-state index is -0.514. The third-order valence-corrected chi connectivity index (χ3v) is 5.10. The normalized spacial score (nSPS) is 22.3. The van der Waals surface area contributed by atoms with Crippen molar-refractivity contribution >= 4 is 29.2 Å². The number of fused-ring (bicyclic) bond motifs is 2. The van der Waals surface area contributed by atoms with E-state index in [1.54, 1.807) is 42.6 Å². The molecule has 1 aromatic carbocycles. The minimum absolute atomic E-state index is 0.167. The van der Waals surface area contributed by atoms with Crippen LogP contribution >= 0.6 is 0 Å². The van der Waals surface area contributed by atoms with Gasteiger partial charge in [-0.3, -0.25) is 4.79 Å². The Labute approximate surface area is 157 Å². The van der Waals surface area contributed by atoms with Gasteiger partial charge >= 0.3 is 6.09 Å². The Morgan fingerprint density at radius 2 is 2.07 bits per heavy atom. The van der Waals surface area contributed by atoms with Gasteiger partial charge in [-0.2, -0.15) is 0 Å². The standard InChI is InChI=1S/C20H22N4O3/c1-13-12-23(2)11-9-17(13)27-20(26)24-16-8-4-3-6-14(16)19(25)22-15-7-5-10-21-18(15)24/h3-8,10,13,17H,9,11-12H2,1-2H3,(H,22,25)/t13-,17-/m0/s1. The summed E-state index contributed by atoms with van der Waals surface area (Å²) in [6.07, 6.45) is 1.70. The van der Waals surface area contributed by atoms with Crippen molar-refractivity contribution in [1.29, 1.82) is 0 Å². The first kappa shape index (κ1) is 17.5. The van der Waals surface area contributed by atoms with Crippen molar-refractivity contribution in [3.05, 3.63) is 48.2 Å². The van der Waals surface area contributed by atoms with Crippen LogP contribution in [0.4, 0.5) is 22.0 Å². The Morgan fingerprint density at radius 3 is 2.89 bits per heavy atom. The number of aromatic nitrogens is 1. The molecule has 7 nitrogen and oxygen atoms in total. The summed E-state index contributed by atoms with van der Waals surface area (Å²) in [7, 11) is 2.07. The summed E-state index contributed by atoms with van der Waals surface area (Å²) in [6.45, 7) is 3.85. The first-order chi connectivity index (χ1) is 13.0. The number of nitrogens with zero attached hydrogens (tertiary/aromatic N) is 3. The Kier molecular flexibility index (Phi) is 4.53. The number of para-hydroxylation sites is 1. The first-order valence-corrected chi connectivity index (χ1v) is 9.09. The summed E-state index contributed by atoms with van der Waals surface area (Å²) in [5.74, 6) is 0.321. The highest BCUT2D eigenvalue weighted by molar-refractivity contribution is 6.16. The molecule has 27 heavy (non-hydrogen) atoms. The number of piperidine rings is 1. The molecule has 0 saturated carbocycles. The molecular formula is C20H22N4O3. The number of carbonyl (C=O) groups is 2. The maximum absolute atomic E-state index is 13.2. The Balaban J connectivity index is 1.71. The fourth-order valence-electron chi connectivity index (χ4n) is 3.71. The van der Waals surface area contributed by atoms with Gasteiger partial charge in [0.25, 0.3) is 5.91 Å². The number of carbonyl (C=O) groups excluding carboxylic acids is 2. The molecule has 1 saturated heterocycles. The molecule has 140 valence electrons. The zero-order valence-corrected chi connectivity index (χ0v) is 15.4. The number of nitrogens with one attached hydrogen (secondary N) is 1. The number of hydrogen-bond acceptors (Lipinski definition) is 5. The summed E-state index contributed by atoms with van der Waals surface area (Å²) in [5.41, 5.74) is 1.36. The summed E-state index contributed by atoms with van der Waals surface area (Å²) >= 11 is 0. The monoisotopic (exact) mass is 366 g/mol. The lowest BCUT2D eigenvalue weighted by atomic mass is 9.97. The average molecular weight is 366 g/mol. The molecule has 1 aromatic heterocycles. The Morgan fingerprint density at radius 1 is 1.26 bits per heavy atom. The Hall–Kier alpha value is -2.93. The molecule has 0 aliphatic carbocycles. The Bertz CT molecular complexity index is 885. The predicted octanol–water partition coefficient (Wildman–Crippen LogP) is 3.26. The first-order valence-electron chi connectivity index (χ1n) is 9.09. The van der Waals surface area contributed by atoms with E-state index in [9.17, 15) is 9.59 Å². The van der Waals surface area contributed by atoms with Gasteiger partial charge in [0.15, 0.2) is 5.82 Å². The van der Waals surface area contributed by atoms with Gasteiger partial charge in [-0.05, 0) is 37.7 Å². The third-order valence-electron chi connectivity index (χ3n) is 5.10. The molecule has 2 aromatic rings. The van der Waals surface area contributed by atoms with E-state index in [1.807, 2.05) is 0 Å². The van der Waals surface area contributed by atoms with Crippen LogP contribution in [-0.4, -0.2) is 48.1 Å². The maximum Gasteiger partial charge on any atom is 0.420 e. The lowest BCUT2D eigenvalue weighted by Gasteiger charge is -2.35. The van der Waals surface area contributed by atoms with E-state index >= 15 is 0 Å². The van der Waals surface area contributed by atoms with Gasteiger partial charge < -0.3 is 15.0 Å². The van der Waals surface area contributed by atoms with Crippen LogP contribution in [0.15, 0.2) is 42.6 Å². The van der Waals surface area contributed by atoms with Gasteiger partial charge in [0, 0.05) is 25.2 Å². The van der Waals surface area contributed by atoms with Crippen molar-refractivity contribution in [2.45, 2.75) is 19.4 Å². The highest BCUT2D eigenvalue weighted by Gasteiger charge is 2.34. The number of ether oxygens (including phenoxy) is 1. The fourth-order valence-corrected chi connectivity index (χ4v) is 3.71. The van der Waals surface area contributed by atoms with Gasteiger partial charge in [-0.25, -0.2) is 14.7 Å². The highest BCUT2D eigenvalue weighted by atomic mass is 16.6. The topological polar surface area (TPSA) is 74.8 Å². The van der Waals surface area contributed by atoms with E-state index in [0.29, 0.717) is 22.8 Å². The predicted molar refractivity (Wildman–Crippen MR) is 102 cm³/mol. The van der Waals surface area contributed by atoms with Gasteiger partial charge in [0.1, 0.15) is 6.10 Å². The van der Waals surface area contributed by atoms with Crippen molar-refractivity contribution in [2.24, 2.45) is 5.92 Å². The van der Waals surface area contributed by atoms with Crippen LogP contribution in [0.3, 0.4) is 0 Å². The molecule has 2 aliphatic heterocycles. The molecule has 0 spiro atoms. The third kappa shape index (κ3) is 3.26. The van der Waals surface area contributed by atoms with E-state index in [0.717, 1.165) is 19.5 Å². The maximum atomic E-state index is 13.2. The molecule has 0 unspecified atom stereocenters. The number of likely N-dealkylation sites (tertiary alicyclic amines) is 1. The number of rotatable bonds is 1. The largest absolute Gasteiger partial charge is 0.445 e. The second kappa shape index (κ2) is 7.00. The summed E-state index contributed by atoms with van der Waals surface area (Å²) in [5, 5.41) is 2.82. The number of benzene rings is 1. The van der Waals surface area contributed by atoms with Gasteiger partial charge in [0.2, 0.25) is 0 Å². The molecule has 2 aliphatic rings. The summed E-state index contributed by atoms with van der Waals surface area (Å²) in [6, 6.07) is 10.4. The van der Waals surface area contributed by atoms with E-state index in [-0.39, 0.29) is 17.9 Å². The number of hydrogen-bond donors (Lipinski definition) is 1. The SMILES string of the molecule is C[C@H]1CN(C)CC[C@@H]1OC(=O)N1c2ccccc2C(=O)Nc2cccnc21. The lowest BCUT2D eigenvalue weighted by molar-refractivity contribution is 0.0261. The number of amides is 2. The van der Waals surface area contributed by atoms with Crippen molar-refractivity contribution in [3.63, 3.8) is 0 Å².